The topological polar surface area (TPSA) is 32.3 Å². The molecule has 0 heterocycles. The number of hydrogen-bond donors (Lipinski definition) is 2. The van der Waals surface area contributed by atoms with Crippen molar-refractivity contribution in [3.63, 3.8) is 0 Å². The third-order valence-corrected chi connectivity index (χ3v) is 4.54. The van der Waals surface area contributed by atoms with Gasteiger partial charge in [0.1, 0.15) is 0 Å². The lowest BCUT2D eigenvalue weighted by atomic mass is 10.2. The fourth-order valence-electron chi connectivity index (χ4n) is 2.41. The van der Waals surface area contributed by atoms with Crippen LogP contribution in [0, 0.1) is 0 Å². The molecule has 1 rings (SSSR count). The quantitative estimate of drug-likeness (QED) is 0.613. The number of rotatable bonds is 9. The van der Waals surface area contributed by atoms with Gasteiger partial charge in [0.2, 0.25) is 0 Å². The Hall–Kier alpha value is 0.270. The summed E-state index contributed by atoms with van der Waals surface area (Å²) in [5.41, 5.74) is 0. The molecule has 0 aliphatic heterocycles. The van der Waals surface area contributed by atoms with E-state index in [-0.39, 0.29) is 0 Å². The molecule has 0 spiro atoms. The van der Waals surface area contributed by atoms with Gasteiger partial charge in [0.05, 0.1) is 0 Å². The summed E-state index contributed by atoms with van der Waals surface area (Å²) < 4.78 is 0. The summed E-state index contributed by atoms with van der Waals surface area (Å²) in [7, 11) is 0. The maximum Gasteiger partial charge on any atom is 0.0431 e. The highest BCUT2D eigenvalue weighted by Gasteiger charge is 2.23. The van der Waals surface area contributed by atoms with E-state index in [1.54, 1.807) is 0 Å². The van der Waals surface area contributed by atoms with Crippen molar-refractivity contribution < 1.29 is 5.11 Å². The highest BCUT2D eigenvalue weighted by Crippen LogP contribution is 2.29. The Kier molecular flexibility index (Phi) is 8.34. The predicted octanol–water partition coefficient (Wildman–Crippen LogP) is 2.80. The molecule has 2 N–H and O–H groups in total. The summed E-state index contributed by atoms with van der Waals surface area (Å²) in [5, 5.41) is 13.2. The number of thioether (sulfide) groups is 1. The zero-order valence-electron chi connectivity index (χ0n) is 10.6. The fourth-order valence-corrected chi connectivity index (χ4v) is 3.55. The van der Waals surface area contributed by atoms with Crippen LogP contribution in [0.2, 0.25) is 0 Å². The van der Waals surface area contributed by atoms with Crippen molar-refractivity contribution in [1.82, 2.24) is 5.32 Å². The standard InChI is InChI=1S/C13H27NOS/c1-2-16-13-8-7-12(11-13)14-9-5-3-4-6-10-15/h12-15H,2-11H2,1H3. The lowest BCUT2D eigenvalue weighted by molar-refractivity contribution is 0.282. The van der Waals surface area contributed by atoms with Gasteiger partial charge in [-0.2, -0.15) is 11.8 Å². The van der Waals surface area contributed by atoms with Gasteiger partial charge in [0.15, 0.2) is 0 Å². The second-order valence-corrected chi connectivity index (χ2v) is 6.26. The monoisotopic (exact) mass is 245 g/mol. The molecule has 0 radical (unpaired) electrons. The molecule has 1 aliphatic carbocycles. The van der Waals surface area contributed by atoms with Crippen LogP contribution in [0.3, 0.4) is 0 Å². The zero-order valence-corrected chi connectivity index (χ0v) is 11.4. The molecule has 0 bridgehead atoms. The van der Waals surface area contributed by atoms with Crippen molar-refractivity contribution in [3.8, 4) is 0 Å². The summed E-state index contributed by atoms with van der Waals surface area (Å²) >= 11 is 2.13. The minimum absolute atomic E-state index is 0.353. The van der Waals surface area contributed by atoms with Crippen LogP contribution in [0.15, 0.2) is 0 Å². The highest BCUT2D eigenvalue weighted by atomic mass is 32.2. The first kappa shape index (κ1) is 14.3. The number of hydrogen-bond acceptors (Lipinski definition) is 3. The van der Waals surface area contributed by atoms with Crippen LogP contribution in [-0.2, 0) is 0 Å². The smallest absolute Gasteiger partial charge is 0.0431 e. The first-order valence-corrected chi connectivity index (χ1v) is 7.87. The highest BCUT2D eigenvalue weighted by molar-refractivity contribution is 7.99. The van der Waals surface area contributed by atoms with Crippen LogP contribution in [0.25, 0.3) is 0 Å². The SMILES string of the molecule is CCSC1CCC(NCCCCCCO)C1. The molecular formula is C13H27NOS. The van der Waals surface area contributed by atoms with Gasteiger partial charge in [-0.3, -0.25) is 0 Å². The molecule has 0 aromatic rings. The van der Waals surface area contributed by atoms with E-state index in [4.69, 9.17) is 5.11 Å². The Morgan fingerprint density at radius 3 is 2.75 bits per heavy atom. The largest absolute Gasteiger partial charge is 0.396 e. The van der Waals surface area contributed by atoms with E-state index < -0.39 is 0 Å². The molecule has 2 nitrogen and oxygen atoms in total. The van der Waals surface area contributed by atoms with Gasteiger partial charge in [-0.15, -0.1) is 0 Å². The molecule has 0 amide bonds. The van der Waals surface area contributed by atoms with Crippen LogP contribution in [0.5, 0.6) is 0 Å². The molecular weight excluding hydrogens is 218 g/mol. The van der Waals surface area contributed by atoms with Crippen molar-refractivity contribution in [3.05, 3.63) is 0 Å². The van der Waals surface area contributed by atoms with E-state index in [1.165, 1.54) is 50.8 Å². The van der Waals surface area contributed by atoms with Gasteiger partial charge in [-0.1, -0.05) is 19.8 Å². The fraction of sp³-hybridized carbons (Fsp3) is 1.00. The minimum atomic E-state index is 0.353. The summed E-state index contributed by atoms with van der Waals surface area (Å²) in [4.78, 5) is 0. The Labute approximate surface area is 105 Å². The van der Waals surface area contributed by atoms with E-state index in [0.29, 0.717) is 6.61 Å². The summed E-state index contributed by atoms with van der Waals surface area (Å²) in [6, 6.07) is 0.780. The van der Waals surface area contributed by atoms with Crippen LogP contribution < -0.4 is 5.32 Å². The van der Waals surface area contributed by atoms with Gasteiger partial charge in [0, 0.05) is 17.9 Å². The van der Waals surface area contributed by atoms with Crippen LogP contribution in [0.4, 0.5) is 0 Å². The van der Waals surface area contributed by atoms with Crippen LogP contribution in [-0.4, -0.2) is 35.3 Å². The molecule has 1 saturated carbocycles. The summed E-state index contributed by atoms with van der Waals surface area (Å²) in [5.74, 6) is 1.26. The average Bonchev–Trinajstić information content (AvgIpc) is 2.72. The minimum Gasteiger partial charge on any atom is -0.396 e. The van der Waals surface area contributed by atoms with Crippen LogP contribution in [0.1, 0.15) is 51.9 Å². The number of aliphatic hydroxyl groups is 1. The molecule has 1 fully saturated rings. The lowest BCUT2D eigenvalue weighted by Crippen LogP contribution is -2.27. The van der Waals surface area contributed by atoms with Gasteiger partial charge in [-0.05, 0) is 44.4 Å². The molecule has 0 aromatic heterocycles. The normalized spacial score (nSPS) is 25.1. The van der Waals surface area contributed by atoms with E-state index in [1.807, 2.05) is 0 Å². The number of nitrogens with one attached hydrogen (secondary N) is 1. The van der Waals surface area contributed by atoms with E-state index in [2.05, 4.69) is 24.0 Å². The van der Waals surface area contributed by atoms with Crippen molar-refractivity contribution in [1.29, 1.82) is 0 Å². The van der Waals surface area contributed by atoms with Crippen molar-refractivity contribution in [2.45, 2.75) is 63.2 Å². The van der Waals surface area contributed by atoms with Crippen molar-refractivity contribution in [2.24, 2.45) is 0 Å². The first-order valence-electron chi connectivity index (χ1n) is 6.82. The van der Waals surface area contributed by atoms with Gasteiger partial charge in [0.25, 0.3) is 0 Å². The molecule has 3 heteroatoms. The molecule has 1 aliphatic rings. The maximum atomic E-state index is 8.66. The predicted molar refractivity (Wildman–Crippen MR) is 73.1 cm³/mol. The molecule has 0 aromatic carbocycles. The lowest BCUT2D eigenvalue weighted by Gasteiger charge is -2.12. The second-order valence-electron chi connectivity index (χ2n) is 4.68. The number of unbranched alkanes of at least 4 members (excludes halogenated alkanes) is 3. The summed E-state index contributed by atoms with van der Waals surface area (Å²) in [6.07, 6.45) is 8.81. The Balaban J connectivity index is 1.90. The van der Waals surface area contributed by atoms with Gasteiger partial charge >= 0.3 is 0 Å². The summed E-state index contributed by atoms with van der Waals surface area (Å²) in [6.45, 7) is 3.78. The van der Waals surface area contributed by atoms with Crippen LogP contribution >= 0.6 is 11.8 Å². The average molecular weight is 245 g/mol. The molecule has 96 valence electrons. The van der Waals surface area contributed by atoms with E-state index >= 15 is 0 Å². The first-order chi connectivity index (χ1) is 7.86. The molecule has 2 unspecified atom stereocenters. The van der Waals surface area contributed by atoms with E-state index in [9.17, 15) is 0 Å². The Morgan fingerprint density at radius 1 is 1.19 bits per heavy atom. The molecule has 0 saturated heterocycles. The third-order valence-electron chi connectivity index (χ3n) is 3.30. The van der Waals surface area contributed by atoms with Crippen molar-refractivity contribution in [2.75, 3.05) is 18.9 Å². The van der Waals surface area contributed by atoms with Crippen molar-refractivity contribution >= 4 is 11.8 Å². The second kappa shape index (κ2) is 9.32. The number of aliphatic hydroxyl groups excluding tert-OH is 1. The Morgan fingerprint density at radius 2 is 2.00 bits per heavy atom. The van der Waals surface area contributed by atoms with E-state index in [0.717, 1.165) is 17.7 Å². The third kappa shape index (κ3) is 6.12. The Bertz CT molecular complexity index is 166. The van der Waals surface area contributed by atoms with Gasteiger partial charge < -0.3 is 10.4 Å². The van der Waals surface area contributed by atoms with Gasteiger partial charge in [-0.25, -0.2) is 0 Å². The maximum absolute atomic E-state index is 8.66. The zero-order chi connectivity index (χ0) is 11.6. The molecule has 16 heavy (non-hydrogen) atoms. The molecule has 2 atom stereocenters.